The largest absolute Gasteiger partial charge is 0.501 e. The lowest BCUT2D eigenvalue weighted by Gasteiger charge is -2.05. The van der Waals surface area contributed by atoms with Gasteiger partial charge in [0.15, 0.2) is 5.78 Å². The molecule has 0 atom stereocenters. The van der Waals surface area contributed by atoms with Crippen LogP contribution in [0.3, 0.4) is 0 Å². The molecule has 0 aliphatic carbocycles. The molecule has 16 heavy (non-hydrogen) atoms. The number of Topliss-reactive ketones (excluding diaryl/α,β-unsaturated/α-hetero) is 1. The summed E-state index contributed by atoms with van der Waals surface area (Å²) in [5.74, 6) is -1.32. The van der Waals surface area contributed by atoms with Crippen LogP contribution in [-0.2, 0) is 19.1 Å². The predicted octanol–water partition coefficient (Wildman–Crippen LogP) is 0.768. The molecule has 0 aromatic rings. The summed E-state index contributed by atoms with van der Waals surface area (Å²) in [7, 11) is 0. The Bertz CT molecular complexity index is 308. The molecule has 1 N–H and O–H groups in total. The maximum atomic E-state index is 11.4. The van der Waals surface area contributed by atoms with Gasteiger partial charge in [-0.15, -0.1) is 0 Å². The van der Waals surface area contributed by atoms with Gasteiger partial charge in [0.1, 0.15) is 5.57 Å². The third-order valence-electron chi connectivity index (χ3n) is 1.48. The summed E-state index contributed by atoms with van der Waals surface area (Å²) in [5.41, 5.74) is -0.227. The van der Waals surface area contributed by atoms with Crippen molar-refractivity contribution in [1.82, 2.24) is 5.32 Å². The molecule has 0 unspecified atom stereocenters. The Morgan fingerprint density at radius 1 is 1.19 bits per heavy atom. The lowest BCUT2D eigenvalue weighted by atomic mass is 10.2. The fourth-order valence-corrected chi connectivity index (χ4v) is 0.790. The molecule has 0 spiro atoms. The second-order valence-electron chi connectivity index (χ2n) is 2.72. The van der Waals surface area contributed by atoms with E-state index in [-0.39, 0.29) is 12.2 Å². The Kier molecular flexibility index (Phi) is 6.58. The van der Waals surface area contributed by atoms with Gasteiger partial charge in [0.05, 0.1) is 19.5 Å². The number of ether oxygens (including phenoxy) is 2. The van der Waals surface area contributed by atoms with Gasteiger partial charge in [-0.1, -0.05) is 0 Å². The molecule has 0 saturated carbocycles. The Hall–Kier alpha value is -1.85. The Morgan fingerprint density at radius 3 is 2.25 bits per heavy atom. The van der Waals surface area contributed by atoms with Crippen LogP contribution in [0.1, 0.15) is 20.8 Å². The summed E-state index contributed by atoms with van der Waals surface area (Å²) in [4.78, 5) is 33.4. The quantitative estimate of drug-likeness (QED) is 0.326. The van der Waals surface area contributed by atoms with Gasteiger partial charge in [0.2, 0.25) is 0 Å². The summed E-state index contributed by atoms with van der Waals surface area (Å²) < 4.78 is 9.32. The number of rotatable bonds is 5. The van der Waals surface area contributed by atoms with Crippen LogP contribution in [0.2, 0.25) is 0 Å². The minimum atomic E-state index is -0.892. The first-order valence-corrected chi connectivity index (χ1v) is 4.83. The van der Waals surface area contributed by atoms with E-state index in [0.29, 0.717) is 6.61 Å². The molecule has 0 aromatic heterocycles. The molecule has 0 aromatic carbocycles. The second-order valence-corrected chi connectivity index (χ2v) is 2.72. The number of carbonyl (C=O) groups excluding carboxylic acids is 3. The molecule has 2 amide bonds. The van der Waals surface area contributed by atoms with E-state index in [1.54, 1.807) is 13.8 Å². The van der Waals surface area contributed by atoms with Gasteiger partial charge in [-0.25, -0.2) is 4.79 Å². The zero-order valence-electron chi connectivity index (χ0n) is 9.53. The first-order chi connectivity index (χ1) is 7.52. The number of carbonyl (C=O) groups is 3. The van der Waals surface area contributed by atoms with Crippen molar-refractivity contribution in [3.05, 3.63) is 11.8 Å². The number of hydrogen-bond acceptors (Lipinski definition) is 5. The normalized spacial score (nSPS) is 10.6. The van der Waals surface area contributed by atoms with Gasteiger partial charge in [-0.2, -0.15) is 0 Å². The Morgan fingerprint density at radius 2 is 1.81 bits per heavy atom. The van der Waals surface area contributed by atoms with Gasteiger partial charge < -0.3 is 9.47 Å². The number of ketones is 1. The summed E-state index contributed by atoms with van der Waals surface area (Å²) >= 11 is 0. The SMILES string of the molecule is CCO/C=C(/C(C)=O)C(=O)NC(=O)OCC. The molecule has 0 rings (SSSR count). The van der Waals surface area contributed by atoms with Gasteiger partial charge >= 0.3 is 6.09 Å². The van der Waals surface area contributed by atoms with Crippen LogP contribution in [0.25, 0.3) is 0 Å². The minimum Gasteiger partial charge on any atom is -0.501 e. The number of amides is 2. The first-order valence-electron chi connectivity index (χ1n) is 4.83. The highest BCUT2D eigenvalue weighted by atomic mass is 16.5. The molecule has 0 aliphatic heterocycles. The lowest BCUT2D eigenvalue weighted by Crippen LogP contribution is -2.34. The molecule has 6 nitrogen and oxygen atoms in total. The topological polar surface area (TPSA) is 81.7 Å². The lowest BCUT2D eigenvalue weighted by molar-refractivity contribution is -0.121. The number of imide groups is 1. The van der Waals surface area contributed by atoms with Crippen molar-refractivity contribution < 1.29 is 23.9 Å². The van der Waals surface area contributed by atoms with E-state index in [1.165, 1.54) is 6.92 Å². The summed E-state index contributed by atoms with van der Waals surface area (Å²) in [6.45, 7) is 4.98. The average Bonchev–Trinajstić information content (AvgIpc) is 2.17. The molecular formula is C10H15NO5. The van der Waals surface area contributed by atoms with Crippen LogP contribution in [0.4, 0.5) is 4.79 Å². The molecular weight excluding hydrogens is 214 g/mol. The minimum absolute atomic E-state index is 0.143. The van der Waals surface area contributed by atoms with Crippen LogP contribution < -0.4 is 5.32 Å². The van der Waals surface area contributed by atoms with Crippen molar-refractivity contribution in [1.29, 1.82) is 0 Å². The molecule has 90 valence electrons. The van der Waals surface area contributed by atoms with Crippen molar-refractivity contribution in [3.63, 3.8) is 0 Å². The average molecular weight is 229 g/mol. The highest BCUT2D eigenvalue weighted by molar-refractivity contribution is 6.20. The number of alkyl carbamates (subject to hydrolysis) is 1. The van der Waals surface area contributed by atoms with E-state index >= 15 is 0 Å². The summed E-state index contributed by atoms with van der Waals surface area (Å²) in [6, 6.07) is 0. The van der Waals surface area contributed by atoms with E-state index in [0.717, 1.165) is 6.26 Å². The van der Waals surface area contributed by atoms with Crippen LogP contribution in [0.15, 0.2) is 11.8 Å². The van der Waals surface area contributed by atoms with Gasteiger partial charge in [0.25, 0.3) is 5.91 Å². The fraction of sp³-hybridized carbons (Fsp3) is 0.500. The number of nitrogens with one attached hydrogen (secondary N) is 1. The van der Waals surface area contributed by atoms with Crippen LogP contribution in [0.5, 0.6) is 0 Å². The van der Waals surface area contributed by atoms with Crippen molar-refractivity contribution >= 4 is 17.8 Å². The standard InChI is InChI=1S/C10H15NO5/c1-4-15-6-8(7(3)12)9(13)11-10(14)16-5-2/h6H,4-5H2,1-3H3,(H,11,13,14)/b8-6-. The van der Waals surface area contributed by atoms with Crippen molar-refractivity contribution in [2.75, 3.05) is 13.2 Å². The zero-order chi connectivity index (χ0) is 12.6. The highest BCUT2D eigenvalue weighted by Crippen LogP contribution is 1.98. The maximum absolute atomic E-state index is 11.4. The molecule has 0 heterocycles. The monoisotopic (exact) mass is 229 g/mol. The second kappa shape index (κ2) is 7.44. The van der Waals surface area contributed by atoms with E-state index < -0.39 is 17.8 Å². The van der Waals surface area contributed by atoms with E-state index in [2.05, 4.69) is 4.74 Å². The van der Waals surface area contributed by atoms with Crippen LogP contribution in [0, 0.1) is 0 Å². The van der Waals surface area contributed by atoms with E-state index in [1.807, 2.05) is 5.32 Å². The Balaban J connectivity index is 4.51. The van der Waals surface area contributed by atoms with Crippen molar-refractivity contribution in [3.8, 4) is 0 Å². The third kappa shape index (κ3) is 5.14. The highest BCUT2D eigenvalue weighted by Gasteiger charge is 2.18. The van der Waals surface area contributed by atoms with Crippen LogP contribution >= 0.6 is 0 Å². The van der Waals surface area contributed by atoms with Gasteiger partial charge in [-0.3, -0.25) is 14.9 Å². The smallest absolute Gasteiger partial charge is 0.414 e. The fourth-order valence-electron chi connectivity index (χ4n) is 0.790. The van der Waals surface area contributed by atoms with Gasteiger partial charge in [0, 0.05) is 0 Å². The Labute approximate surface area is 93.6 Å². The number of hydrogen-bond donors (Lipinski definition) is 1. The molecule has 0 aliphatic rings. The molecule has 0 saturated heterocycles. The first kappa shape index (κ1) is 14.2. The maximum Gasteiger partial charge on any atom is 0.414 e. The van der Waals surface area contributed by atoms with E-state index in [4.69, 9.17) is 4.74 Å². The summed E-state index contributed by atoms with van der Waals surface area (Å²) in [5, 5.41) is 1.90. The van der Waals surface area contributed by atoms with Crippen molar-refractivity contribution in [2.24, 2.45) is 0 Å². The summed E-state index contributed by atoms with van der Waals surface area (Å²) in [6.07, 6.45) is 0.132. The zero-order valence-corrected chi connectivity index (χ0v) is 9.53. The van der Waals surface area contributed by atoms with Crippen molar-refractivity contribution in [2.45, 2.75) is 20.8 Å². The van der Waals surface area contributed by atoms with E-state index in [9.17, 15) is 14.4 Å². The molecule has 0 bridgehead atoms. The van der Waals surface area contributed by atoms with Crippen LogP contribution in [-0.4, -0.2) is 31.0 Å². The molecule has 6 heteroatoms. The van der Waals surface area contributed by atoms with Gasteiger partial charge in [-0.05, 0) is 20.8 Å². The molecule has 0 fully saturated rings. The third-order valence-corrected chi connectivity index (χ3v) is 1.48. The molecule has 0 radical (unpaired) electrons. The predicted molar refractivity (Wildman–Crippen MR) is 55.6 cm³/mol.